The van der Waals surface area contributed by atoms with E-state index >= 15 is 0 Å². The predicted molar refractivity (Wildman–Crippen MR) is 64.4 cm³/mol. The molecule has 0 bridgehead atoms. The zero-order valence-corrected chi connectivity index (χ0v) is 9.73. The fraction of sp³-hybridized carbons (Fsp3) is 0.385. The Balaban J connectivity index is 2.38. The quantitative estimate of drug-likeness (QED) is 0.710. The van der Waals surface area contributed by atoms with Crippen LogP contribution in [0.15, 0.2) is 25.0 Å². The summed E-state index contributed by atoms with van der Waals surface area (Å²) < 4.78 is 0. The van der Waals surface area contributed by atoms with Crippen molar-refractivity contribution in [2.45, 2.75) is 20.3 Å². The van der Waals surface area contributed by atoms with Gasteiger partial charge in [-0.3, -0.25) is 9.78 Å². The molecule has 1 aliphatic heterocycles. The van der Waals surface area contributed by atoms with Gasteiger partial charge in [-0.05, 0) is 25.0 Å². The molecule has 16 heavy (non-hydrogen) atoms. The molecule has 1 amide bonds. The normalized spacial score (nSPS) is 20.2. The van der Waals surface area contributed by atoms with Gasteiger partial charge < -0.3 is 4.90 Å². The molecule has 84 valence electrons. The lowest BCUT2D eigenvalue weighted by Gasteiger charge is -2.20. The highest BCUT2D eigenvalue weighted by molar-refractivity contribution is 5.97. The molecule has 0 radical (unpaired) electrons. The maximum Gasteiger partial charge on any atom is 0.227 e. The van der Waals surface area contributed by atoms with Crippen molar-refractivity contribution in [3.63, 3.8) is 0 Å². The largest absolute Gasteiger partial charge is 0.311 e. The summed E-state index contributed by atoms with van der Waals surface area (Å²) in [6.45, 7) is 8.48. The van der Waals surface area contributed by atoms with Crippen molar-refractivity contribution in [3.05, 3.63) is 36.2 Å². The van der Waals surface area contributed by atoms with Crippen molar-refractivity contribution in [2.75, 3.05) is 11.4 Å². The number of pyridine rings is 1. The summed E-state index contributed by atoms with van der Waals surface area (Å²) in [7, 11) is 0. The van der Waals surface area contributed by atoms with Gasteiger partial charge in [0.2, 0.25) is 5.91 Å². The van der Waals surface area contributed by atoms with Crippen LogP contribution in [0.1, 0.15) is 17.5 Å². The molecular formula is C13H16N2O. The zero-order valence-electron chi connectivity index (χ0n) is 9.73. The summed E-state index contributed by atoms with van der Waals surface area (Å²) in [5.74, 6) is 0.460. The molecule has 0 aromatic carbocycles. The number of rotatable bonds is 2. The zero-order chi connectivity index (χ0) is 11.7. The van der Waals surface area contributed by atoms with Gasteiger partial charge in [-0.2, -0.15) is 0 Å². The molecule has 0 N–H and O–H groups in total. The molecule has 3 heteroatoms. The Morgan fingerprint density at radius 3 is 2.56 bits per heavy atom. The summed E-state index contributed by atoms with van der Waals surface area (Å²) >= 11 is 0. The molecule has 1 saturated heterocycles. The van der Waals surface area contributed by atoms with Crippen LogP contribution < -0.4 is 4.90 Å². The first-order valence-corrected chi connectivity index (χ1v) is 5.47. The van der Waals surface area contributed by atoms with Gasteiger partial charge in [0.15, 0.2) is 0 Å². The van der Waals surface area contributed by atoms with E-state index in [2.05, 4.69) is 11.6 Å². The van der Waals surface area contributed by atoms with E-state index < -0.39 is 0 Å². The van der Waals surface area contributed by atoms with E-state index in [1.165, 1.54) is 0 Å². The average molecular weight is 216 g/mol. The Morgan fingerprint density at radius 1 is 1.44 bits per heavy atom. The van der Waals surface area contributed by atoms with E-state index in [1.807, 2.05) is 24.8 Å². The second-order valence-corrected chi connectivity index (χ2v) is 4.33. The lowest BCUT2D eigenvalue weighted by Crippen LogP contribution is -2.26. The number of anilines is 1. The van der Waals surface area contributed by atoms with Crippen molar-refractivity contribution in [1.29, 1.82) is 0 Å². The molecule has 1 fully saturated rings. The summed E-state index contributed by atoms with van der Waals surface area (Å²) in [5.41, 5.74) is 3.13. The van der Waals surface area contributed by atoms with Gasteiger partial charge in [0.05, 0.1) is 5.69 Å². The minimum absolute atomic E-state index is 0.183. The van der Waals surface area contributed by atoms with Crippen molar-refractivity contribution >= 4 is 11.6 Å². The van der Waals surface area contributed by atoms with Gasteiger partial charge in [0.25, 0.3) is 0 Å². The van der Waals surface area contributed by atoms with Gasteiger partial charge in [-0.15, -0.1) is 6.58 Å². The van der Waals surface area contributed by atoms with Crippen molar-refractivity contribution < 1.29 is 4.79 Å². The summed E-state index contributed by atoms with van der Waals surface area (Å²) in [6.07, 6.45) is 6.04. The number of carbonyl (C=O) groups is 1. The predicted octanol–water partition coefficient (Wildman–Crippen LogP) is 2.24. The highest BCUT2D eigenvalue weighted by atomic mass is 16.2. The standard InChI is InChI=1S/C13H16N2O/c1-4-11-5-12(16)15(8-11)13-9(2)6-14-7-10(13)3/h4,6-7,11H,1,5,8H2,2-3H3. The second kappa shape index (κ2) is 4.08. The Hall–Kier alpha value is -1.64. The smallest absolute Gasteiger partial charge is 0.227 e. The van der Waals surface area contributed by atoms with Crippen LogP contribution in [0.25, 0.3) is 0 Å². The fourth-order valence-electron chi connectivity index (χ4n) is 2.23. The van der Waals surface area contributed by atoms with E-state index in [0.717, 1.165) is 23.4 Å². The molecule has 0 saturated carbocycles. The number of hydrogen-bond donors (Lipinski definition) is 0. The third kappa shape index (κ3) is 1.73. The van der Waals surface area contributed by atoms with Crippen LogP contribution in [-0.4, -0.2) is 17.4 Å². The van der Waals surface area contributed by atoms with Crippen molar-refractivity contribution in [3.8, 4) is 0 Å². The molecule has 1 unspecified atom stereocenters. The van der Waals surface area contributed by atoms with Gasteiger partial charge in [-0.25, -0.2) is 0 Å². The molecule has 0 spiro atoms. The van der Waals surface area contributed by atoms with Gasteiger partial charge in [0.1, 0.15) is 0 Å². The third-order valence-corrected chi connectivity index (χ3v) is 3.04. The van der Waals surface area contributed by atoms with Crippen LogP contribution in [-0.2, 0) is 4.79 Å². The molecule has 1 aliphatic rings. The van der Waals surface area contributed by atoms with Crippen LogP contribution in [0.2, 0.25) is 0 Å². The lowest BCUT2D eigenvalue weighted by molar-refractivity contribution is -0.117. The molecule has 1 aromatic heterocycles. The van der Waals surface area contributed by atoms with Crippen LogP contribution >= 0.6 is 0 Å². The van der Waals surface area contributed by atoms with E-state index in [-0.39, 0.29) is 11.8 Å². The molecule has 1 aromatic rings. The maximum atomic E-state index is 11.9. The number of carbonyl (C=O) groups excluding carboxylic acids is 1. The second-order valence-electron chi connectivity index (χ2n) is 4.33. The number of aryl methyl sites for hydroxylation is 2. The average Bonchev–Trinajstić information content (AvgIpc) is 2.60. The van der Waals surface area contributed by atoms with Crippen LogP contribution in [0, 0.1) is 19.8 Å². The topological polar surface area (TPSA) is 33.2 Å². The van der Waals surface area contributed by atoms with Gasteiger partial charge in [0, 0.05) is 31.3 Å². The first kappa shape index (κ1) is 10.9. The molecule has 0 aliphatic carbocycles. The Labute approximate surface area is 95.8 Å². The van der Waals surface area contributed by atoms with Crippen LogP contribution in [0.3, 0.4) is 0 Å². The number of amides is 1. The first-order valence-electron chi connectivity index (χ1n) is 5.47. The van der Waals surface area contributed by atoms with Gasteiger partial charge in [-0.1, -0.05) is 6.08 Å². The SMILES string of the molecule is C=CC1CC(=O)N(c2c(C)cncc2C)C1. The Bertz CT molecular complexity index is 419. The number of aromatic nitrogens is 1. The Kier molecular flexibility index (Phi) is 2.77. The minimum atomic E-state index is 0.183. The highest BCUT2D eigenvalue weighted by Gasteiger charge is 2.30. The van der Waals surface area contributed by atoms with E-state index in [9.17, 15) is 4.79 Å². The van der Waals surface area contributed by atoms with Crippen LogP contribution in [0.5, 0.6) is 0 Å². The van der Waals surface area contributed by atoms with E-state index in [4.69, 9.17) is 0 Å². The summed E-state index contributed by atoms with van der Waals surface area (Å²) in [6, 6.07) is 0. The van der Waals surface area contributed by atoms with E-state index in [1.54, 1.807) is 12.4 Å². The molecular weight excluding hydrogens is 200 g/mol. The fourth-order valence-corrected chi connectivity index (χ4v) is 2.23. The van der Waals surface area contributed by atoms with Gasteiger partial charge >= 0.3 is 0 Å². The van der Waals surface area contributed by atoms with Crippen molar-refractivity contribution in [1.82, 2.24) is 4.98 Å². The third-order valence-electron chi connectivity index (χ3n) is 3.04. The number of nitrogens with zero attached hydrogens (tertiary/aromatic N) is 2. The molecule has 3 nitrogen and oxygen atoms in total. The first-order chi connectivity index (χ1) is 7.63. The monoisotopic (exact) mass is 216 g/mol. The van der Waals surface area contributed by atoms with Crippen LogP contribution in [0.4, 0.5) is 5.69 Å². The molecule has 2 heterocycles. The van der Waals surface area contributed by atoms with Crippen molar-refractivity contribution in [2.24, 2.45) is 5.92 Å². The highest BCUT2D eigenvalue weighted by Crippen LogP contribution is 2.30. The minimum Gasteiger partial charge on any atom is -0.311 e. The summed E-state index contributed by atoms with van der Waals surface area (Å²) in [4.78, 5) is 17.9. The van der Waals surface area contributed by atoms with E-state index in [0.29, 0.717) is 6.42 Å². The molecule has 1 atom stereocenters. The molecule has 2 rings (SSSR count). The number of hydrogen-bond acceptors (Lipinski definition) is 2. The Morgan fingerprint density at radius 2 is 2.06 bits per heavy atom. The summed E-state index contributed by atoms with van der Waals surface area (Å²) in [5, 5.41) is 0. The lowest BCUT2D eigenvalue weighted by atomic mass is 10.1. The maximum absolute atomic E-state index is 11.9.